The van der Waals surface area contributed by atoms with Crippen molar-refractivity contribution >= 4 is 15.9 Å². The molecule has 0 aliphatic carbocycles. The van der Waals surface area contributed by atoms with E-state index >= 15 is 0 Å². The Labute approximate surface area is 162 Å². The molecule has 8 heteroatoms. The van der Waals surface area contributed by atoms with Gasteiger partial charge in [0, 0.05) is 18.5 Å². The van der Waals surface area contributed by atoms with E-state index in [1.165, 1.54) is 4.31 Å². The third-order valence-electron chi connectivity index (χ3n) is 5.02. The monoisotopic (exact) mass is 397 g/mol. The minimum Gasteiger partial charge on any atom is -0.395 e. The number of likely N-dealkylation sites (N-methyl/N-ethyl adjacent to an activating group) is 1. The topological polar surface area (TPSA) is 81.2 Å². The van der Waals surface area contributed by atoms with Gasteiger partial charge in [0.1, 0.15) is 0 Å². The zero-order valence-electron chi connectivity index (χ0n) is 16.7. The molecule has 3 atom stereocenters. The molecule has 1 aliphatic heterocycles. The van der Waals surface area contributed by atoms with Crippen LogP contribution in [-0.4, -0.2) is 91.7 Å². The Morgan fingerprint density at radius 3 is 2.22 bits per heavy atom. The summed E-state index contributed by atoms with van der Waals surface area (Å²) in [6.07, 6.45) is 1.16. The standard InChI is InChI=1S/C19H31N3O4S/c1-14(2)21(18(24)12-20(3)4)11-16-19(15-9-7-6-8-10-15)17(13-23)22(16)27(5,25)26/h6-10,14,16-17,19,23H,11-13H2,1-5H3/t16-,17-,19-/m1/s1. The Morgan fingerprint density at radius 1 is 1.19 bits per heavy atom. The van der Waals surface area contributed by atoms with Crippen LogP contribution < -0.4 is 0 Å². The molecule has 1 amide bonds. The Bertz CT molecular complexity index is 737. The average Bonchev–Trinajstić information content (AvgIpc) is 2.52. The molecule has 27 heavy (non-hydrogen) atoms. The van der Waals surface area contributed by atoms with Crippen molar-refractivity contribution in [2.75, 3.05) is 40.0 Å². The molecule has 0 bridgehead atoms. The Kier molecular flexibility index (Phi) is 7.02. The number of hydrogen-bond acceptors (Lipinski definition) is 5. The van der Waals surface area contributed by atoms with Crippen LogP contribution >= 0.6 is 0 Å². The van der Waals surface area contributed by atoms with Gasteiger partial charge in [-0.1, -0.05) is 30.3 Å². The lowest BCUT2D eigenvalue weighted by Gasteiger charge is -2.54. The number of benzene rings is 1. The van der Waals surface area contributed by atoms with Gasteiger partial charge in [-0.05, 0) is 33.5 Å². The third-order valence-corrected chi connectivity index (χ3v) is 6.32. The van der Waals surface area contributed by atoms with Gasteiger partial charge < -0.3 is 14.9 Å². The normalized spacial score (nSPS) is 23.5. The van der Waals surface area contributed by atoms with E-state index < -0.39 is 22.1 Å². The summed E-state index contributed by atoms with van der Waals surface area (Å²) in [4.78, 5) is 16.2. The molecule has 0 radical (unpaired) electrons. The lowest BCUT2D eigenvalue weighted by molar-refractivity contribution is -0.135. The van der Waals surface area contributed by atoms with Crippen LogP contribution in [0.3, 0.4) is 0 Å². The molecular weight excluding hydrogens is 366 g/mol. The summed E-state index contributed by atoms with van der Waals surface area (Å²) in [6, 6.07) is 8.65. The zero-order valence-corrected chi connectivity index (χ0v) is 17.6. The maximum Gasteiger partial charge on any atom is 0.237 e. The van der Waals surface area contributed by atoms with Gasteiger partial charge >= 0.3 is 0 Å². The fourth-order valence-corrected chi connectivity index (χ4v) is 5.26. The fraction of sp³-hybridized carbons (Fsp3) is 0.632. The highest BCUT2D eigenvalue weighted by Gasteiger charge is 2.53. The molecule has 2 rings (SSSR count). The second-order valence-corrected chi connectivity index (χ2v) is 9.61. The number of rotatable bonds is 8. The zero-order chi connectivity index (χ0) is 20.4. The van der Waals surface area contributed by atoms with Crippen molar-refractivity contribution < 1.29 is 18.3 Å². The summed E-state index contributed by atoms with van der Waals surface area (Å²) < 4.78 is 26.1. The SMILES string of the molecule is CC(C)N(C[C@@H]1[C@@H](c2ccccc2)[C@@H](CO)N1S(C)(=O)=O)C(=O)CN(C)C. The third kappa shape index (κ3) is 4.87. The molecule has 0 saturated carbocycles. The molecule has 0 aromatic heterocycles. The Morgan fingerprint density at radius 2 is 1.78 bits per heavy atom. The van der Waals surface area contributed by atoms with Crippen molar-refractivity contribution in [1.82, 2.24) is 14.1 Å². The van der Waals surface area contributed by atoms with Gasteiger partial charge in [0.25, 0.3) is 0 Å². The largest absolute Gasteiger partial charge is 0.395 e. The number of carbonyl (C=O) groups excluding carboxylic acids is 1. The van der Waals surface area contributed by atoms with Gasteiger partial charge in [-0.15, -0.1) is 0 Å². The van der Waals surface area contributed by atoms with Crippen molar-refractivity contribution in [3.8, 4) is 0 Å². The second-order valence-electron chi connectivity index (χ2n) is 7.72. The highest BCUT2D eigenvalue weighted by atomic mass is 32.2. The summed E-state index contributed by atoms with van der Waals surface area (Å²) in [7, 11) is 0.148. The Balaban J connectivity index is 2.36. The smallest absolute Gasteiger partial charge is 0.237 e. The van der Waals surface area contributed by atoms with Gasteiger partial charge in [-0.3, -0.25) is 4.79 Å². The Hall–Kier alpha value is -1.48. The molecule has 1 aromatic rings. The molecule has 7 nitrogen and oxygen atoms in total. The fourth-order valence-electron chi connectivity index (χ4n) is 3.88. The van der Waals surface area contributed by atoms with Crippen molar-refractivity contribution in [3.63, 3.8) is 0 Å². The van der Waals surface area contributed by atoms with Crippen LogP contribution in [0.15, 0.2) is 30.3 Å². The molecule has 1 heterocycles. The summed E-state index contributed by atoms with van der Waals surface area (Å²) in [5.74, 6) is -0.193. The predicted molar refractivity (Wildman–Crippen MR) is 106 cm³/mol. The van der Waals surface area contributed by atoms with E-state index in [-0.39, 0.29) is 31.0 Å². The second kappa shape index (κ2) is 8.68. The molecule has 1 N–H and O–H groups in total. The number of amides is 1. The lowest BCUT2D eigenvalue weighted by Crippen LogP contribution is -2.69. The van der Waals surface area contributed by atoms with Crippen LogP contribution in [0.1, 0.15) is 25.3 Å². The van der Waals surface area contributed by atoms with E-state index in [0.717, 1.165) is 11.8 Å². The predicted octanol–water partition coefficient (Wildman–Crippen LogP) is 0.574. The van der Waals surface area contributed by atoms with Gasteiger partial charge in [-0.2, -0.15) is 4.31 Å². The minimum absolute atomic E-state index is 0.0392. The van der Waals surface area contributed by atoms with Gasteiger partial charge in [0.2, 0.25) is 15.9 Å². The molecular formula is C19H31N3O4S. The van der Waals surface area contributed by atoms with E-state index in [0.29, 0.717) is 6.54 Å². The van der Waals surface area contributed by atoms with Gasteiger partial charge in [-0.25, -0.2) is 8.42 Å². The van der Waals surface area contributed by atoms with E-state index in [1.54, 1.807) is 9.80 Å². The number of aliphatic hydroxyl groups excluding tert-OH is 1. The number of aliphatic hydroxyl groups is 1. The maximum atomic E-state index is 12.7. The van der Waals surface area contributed by atoms with Crippen molar-refractivity contribution in [2.45, 2.75) is 37.9 Å². The van der Waals surface area contributed by atoms with Gasteiger partial charge in [0.15, 0.2) is 0 Å². The first-order valence-corrected chi connectivity index (χ1v) is 11.0. The van der Waals surface area contributed by atoms with Gasteiger partial charge in [0.05, 0.1) is 31.5 Å². The number of hydrogen-bond donors (Lipinski definition) is 1. The molecule has 1 aliphatic rings. The molecule has 1 saturated heterocycles. The lowest BCUT2D eigenvalue weighted by atomic mass is 9.77. The molecule has 1 fully saturated rings. The van der Waals surface area contributed by atoms with E-state index in [4.69, 9.17) is 0 Å². The number of nitrogens with zero attached hydrogens (tertiary/aromatic N) is 3. The molecule has 1 aromatic carbocycles. The summed E-state index contributed by atoms with van der Waals surface area (Å²) in [5, 5.41) is 9.85. The maximum absolute atomic E-state index is 12.7. The quantitative estimate of drug-likeness (QED) is 0.694. The number of sulfonamides is 1. The first-order valence-electron chi connectivity index (χ1n) is 9.16. The summed E-state index contributed by atoms with van der Waals surface area (Å²) in [6.45, 7) is 4.17. The van der Waals surface area contributed by atoms with E-state index in [9.17, 15) is 18.3 Å². The van der Waals surface area contributed by atoms with E-state index in [2.05, 4.69) is 0 Å². The van der Waals surface area contributed by atoms with Crippen LogP contribution in [0.25, 0.3) is 0 Å². The van der Waals surface area contributed by atoms with Crippen molar-refractivity contribution in [2.24, 2.45) is 0 Å². The average molecular weight is 398 g/mol. The van der Waals surface area contributed by atoms with Crippen LogP contribution in [0.5, 0.6) is 0 Å². The minimum atomic E-state index is -3.51. The van der Waals surface area contributed by atoms with Crippen LogP contribution in [0, 0.1) is 0 Å². The van der Waals surface area contributed by atoms with Crippen molar-refractivity contribution in [1.29, 1.82) is 0 Å². The molecule has 152 valence electrons. The van der Waals surface area contributed by atoms with Crippen molar-refractivity contribution in [3.05, 3.63) is 35.9 Å². The number of carbonyl (C=O) groups is 1. The molecule has 0 unspecified atom stereocenters. The molecule has 0 spiro atoms. The first-order chi connectivity index (χ1) is 12.6. The highest BCUT2D eigenvalue weighted by molar-refractivity contribution is 7.88. The first kappa shape index (κ1) is 21.8. The highest BCUT2D eigenvalue weighted by Crippen LogP contribution is 2.42. The van der Waals surface area contributed by atoms with E-state index in [1.807, 2.05) is 58.3 Å². The summed E-state index contributed by atoms with van der Waals surface area (Å²) in [5.41, 5.74) is 0.977. The van der Waals surface area contributed by atoms with Crippen LogP contribution in [0.4, 0.5) is 0 Å². The van der Waals surface area contributed by atoms with Crippen LogP contribution in [0.2, 0.25) is 0 Å². The van der Waals surface area contributed by atoms with Crippen LogP contribution in [-0.2, 0) is 14.8 Å². The summed E-state index contributed by atoms with van der Waals surface area (Å²) >= 11 is 0.